The van der Waals surface area contributed by atoms with Crippen LogP contribution >= 0.6 is 11.3 Å². The van der Waals surface area contributed by atoms with Crippen molar-refractivity contribution in [3.05, 3.63) is 17.1 Å². The van der Waals surface area contributed by atoms with Gasteiger partial charge in [0.15, 0.2) is 0 Å². The lowest BCUT2D eigenvalue weighted by Crippen LogP contribution is -2.65. The molecule has 3 aliphatic heterocycles. The van der Waals surface area contributed by atoms with Crippen LogP contribution in [0.5, 0.6) is 0 Å². The van der Waals surface area contributed by atoms with Gasteiger partial charge in [0.25, 0.3) is 5.91 Å². The van der Waals surface area contributed by atoms with E-state index in [1.165, 1.54) is 50.1 Å². The molecule has 4 fully saturated rings. The molecular weight excluding hydrogens is 310 g/mol. The van der Waals surface area contributed by atoms with Crippen molar-refractivity contribution in [1.82, 2.24) is 20.2 Å². The normalized spacial score (nSPS) is 30.7. The largest absolute Gasteiger partial charge is 0.368 e. The molecule has 4 aliphatic rings. The molecule has 0 unspecified atom stereocenters. The van der Waals surface area contributed by atoms with Gasteiger partial charge in [0.1, 0.15) is 4.83 Å². The zero-order valence-corrected chi connectivity index (χ0v) is 13.6. The van der Waals surface area contributed by atoms with Crippen molar-refractivity contribution in [3.63, 3.8) is 0 Å². The zero-order valence-electron chi connectivity index (χ0n) is 12.8. The van der Waals surface area contributed by atoms with E-state index in [0.29, 0.717) is 16.8 Å². The first-order valence-electron chi connectivity index (χ1n) is 8.24. The fraction of sp³-hybridized carbons (Fsp3) is 0.562. The number of fused-ring (bicyclic) bond motifs is 3. The van der Waals surface area contributed by atoms with E-state index < -0.39 is 0 Å². The number of nitrogens with zero attached hydrogens (tertiary/aromatic N) is 3. The molecule has 23 heavy (non-hydrogen) atoms. The molecule has 2 bridgehead atoms. The van der Waals surface area contributed by atoms with Crippen LogP contribution in [0.4, 0.5) is 5.95 Å². The molecule has 0 aromatic carbocycles. The first-order chi connectivity index (χ1) is 11.2. The molecule has 3 N–H and O–H groups in total. The topological polar surface area (TPSA) is 84.1 Å². The average Bonchev–Trinajstić information content (AvgIpc) is 3.22. The lowest BCUT2D eigenvalue weighted by Gasteiger charge is -2.52. The summed E-state index contributed by atoms with van der Waals surface area (Å²) in [6, 6.07) is 2.18. The number of hydrogen-bond acceptors (Lipinski definition) is 6. The summed E-state index contributed by atoms with van der Waals surface area (Å²) in [6.07, 6.45) is 6.55. The summed E-state index contributed by atoms with van der Waals surface area (Å²) in [6.45, 7) is 2.41. The Morgan fingerprint density at radius 1 is 1.39 bits per heavy atom. The zero-order chi connectivity index (χ0) is 15.6. The molecule has 3 saturated heterocycles. The van der Waals surface area contributed by atoms with Crippen LogP contribution in [0.15, 0.2) is 12.3 Å². The minimum Gasteiger partial charge on any atom is -0.368 e. The van der Waals surface area contributed by atoms with Crippen LogP contribution in [0, 0.1) is 5.92 Å². The number of rotatable bonds is 2. The molecule has 6 rings (SSSR count). The number of hydrogen-bond donors (Lipinski definition) is 2. The number of amides is 1. The van der Waals surface area contributed by atoms with Crippen molar-refractivity contribution >= 4 is 33.4 Å². The van der Waals surface area contributed by atoms with Gasteiger partial charge in [-0.1, -0.05) is 0 Å². The molecule has 120 valence electrons. The number of nitrogen functional groups attached to an aromatic ring is 1. The van der Waals surface area contributed by atoms with Gasteiger partial charge in [0.05, 0.1) is 10.9 Å². The summed E-state index contributed by atoms with van der Waals surface area (Å²) in [5.41, 5.74) is 5.88. The van der Waals surface area contributed by atoms with E-state index in [4.69, 9.17) is 5.73 Å². The number of nitrogens with two attached hydrogens (primary N) is 1. The van der Waals surface area contributed by atoms with Crippen LogP contribution in [-0.4, -0.2) is 45.4 Å². The maximum Gasteiger partial charge on any atom is 0.261 e. The predicted octanol–water partition coefficient (Wildman–Crippen LogP) is 1.63. The van der Waals surface area contributed by atoms with Crippen molar-refractivity contribution < 1.29 is 4.79 Å². The van der Waals surface area contributed by atoms with Crippen molar-refractivity contribution in [2.75, 3.05) is 18.8 Å². The molecule has 1 atom stereocenters. The highest BCUT2D eigenvalue weighted by atomic mass is 32.1. The summed E-state index contributed by atoms with van der Waals surface area (Å²) >= 11 is 1.39. The third-order valence-corrected chi connectivity index (χ3v) is 6.83. The Labute approximate surface area is 138 Å². The second kappa shape index (κ2) is 4.64. The quantitative estimate of drug-likeness (QED) is 0.875. The standard InChI is InChI=1S/C16H19N5OS/c17-15-18-8-10-7-11(23-14(10)20-15)13(22)19-12-9-1-5-21(6-2-9)16(12)3-4-16/h7-9,12H,1-6H2,(H,19,22)(H2,17,18,20)/t12-/m0/s1. The van der Waals surface area contributed by atoms with Gasteiger partial charge >= 0.3 is 0 Å². The van der Waals surface area contributed by atoms with Crippen LogP contribution in [0.2, 0.25) is 0 Å². The Morgan fingerprint density at radius 3 is 2.91 bits per heavy atom. The van der Waals surface area contributed by atoms with Crippen molar-refractivity contribution in [3.8, 4) is 0 Å². The molecule has 2 aromatic rings. The van der Waals surface area contributed by atoms with E-state index in [0.717, 1.165) is 10.2 Å². The minimum atomic E-state index is 0.0246. The summed E-state index contributed by atoms with van der Waals surface area (Å²) < 4.78 is 0. The van der Waals surface area contributed by atoms with Gasteiger partial charge in [-0.25, -0.2) is 9.97 Å². The Bertz CT molecular complexity index is 791. The van der Waals surface area contributed by atoms with Gasteiger partial charge in [-0.3, -0.25) is 9.69 Å². The number of carbonyl (C=O) groups excluding carboxylic acids is 1. The number of thiophene rings is 1. The number of nitrogens with one attached hydrogen (secondary N) is 1. The molecule has 5 heterocycles. The van der Waals surface area contributed by atoms with E-state index in [-0.39, 0.29) is 17.4 Å². The fourth-order valence-electron chi connectivity index (χ4n) is 4.49. The maximum absolute atomic E-state index is 12.8. The number of piperidine rings is 3. The van der Waals surface area contributed by atoms with Gasteiger partial charge in [0, 0.05) is 17.1 Å². The monoisotopic (exact) mass is 329 g/mol. The molecule has 7 heteroatoms. The molecule has 2 aromatic heterocycles. The molecule has 1 amide bonds. The van der Waals surface area contributed by atoms with Crippen LogP contribution in [0.25, 0.3) is 10.2 Å². The first-order valence-corrected chi connectivity index (χ1v) is 9.05. The summed E-state index contributed by atoms with van der Waals surface area (Å²) in [7, 11) is 0. The lowest BCUT2D eigenvalue weighted by molar-refractivity contribution is -0.00138. The molecule has 6 nitrogen and oxygen atoms in total. The SMILES string of the molecule is Nc1ncc2cc(C(=O)N[C@H]3C4CCN(CC4)C34CC4)sc2n1. The number of anilines is 1. The second-order valence-electron chi connectivity index (χ2n) is 6.98. The minimum absolute atomic E-state index is 0.0246. The Morgan fingerprint density at radius 2 is 2.17 bits per heavy atom. The predicted molar refractivity (Wildman–Crippen MR) is 89.3 cm³/mol. The van der Waals surface area contributed by atoms with Crippen LogP contribution in [-0.2, 0) is 0 Å². The van der Waals surface area contributed by atoms with Gasteiger partial charge in [-0.15, -0.1) is 11.3 Å². The maximum atomic E-state index is 12.8. The van der Waals surface area contributed by atoms with Crippen molar-refractivity contribution in [2.24, 2.45) is 5.92 Å². The average molecular weight is 329 g/mol. The van der Waals surface area contributed by atoms with Gasteiger partial charge in [-0.2, -0.15) is 0 Å². The van der Waals surface area contributed by atoms with E-state index in [9.17, 15) is 4.79 Å². The van der Waals surface area contributed by atoms with Crippen LogP contribution < -0.4 is 11.1 Å². The van der Waals surface area contributed by atoms with Gasteiger partial charge in [0.2, 0.25) is 5.95 Å². The van der Waals surface area contributed by atoms with Crippen LogP contribution in [0.3, 0.4) is 0 Å². The van der Waals surface area contributed by atoms with Gasteiger partial charge in [-0.05, 0) is 50.8 Å². The summed E-state index contributed by atoms with van der Waals surface area (Å²) in [5, 5.41) is 4.22. The molecule has 1 spiro atoms. The summed E-state index contributed by atoms with van der Waals surface area (Å²) in [4.78, 5) is 25.0. The van der Waals surface area contributed by atoms with E-state index in [2.05, 4.69) is 20.2 Å². The highest BCUT2D eigenvalue weighted by molar-refractivity contribution is 7.20. The lowest BCUT2D eigenvalue weighted by atomic mass is 9.77. The fourth-order valence-corrected chi connectivity index (χ4v) is 5.40. The molecular formula is C16H19N5OS. The first kappa shape index (κ1) is 13.7. The number of aromatic nitrogens is 2. The van der Waals surface area contributed by atoms with Gasteiger partial charge < -0.3 is 11.1 Å². The smallest absolute Gasteiger partial charge is 0.261 e. The van der Waals surface area contributed by atoms with E-state index in [1.807, 2.05) is 6.07 Å². The second-order valence-corrected chi connectivity index (χ2v) is 8.01. The highest BCUT2D eigenvalue weighted by Crippen LogP contribution is 2.53. The highest BCUT2D eigenvalue weighted by Gasteiger charge is 2.60. The number of carbonyl (C=O) groups is 1. The third kappa shape index (κ3) is 1.99. The van der Waals surface area contributed by atoms with Crippen LogP contribution in [0.1, 0.15) is 35.4 Å². The van der Waals surface area contributed by atoms with Crippen molar-refractivity contribution in [2.45, 2.75) is 37.3 Å². The Hall–Kier alpha value is -1.73. The van der Waals surface area contributed by atoms with Crippen molar-refractivity contribution in [1.29, 1.82) is 0 Å². The Balaban J connectivity index is 1.42. The molecule has 1 saturated carbocycles. The molecule has 0 radical (unpaired) electrons. The third-order valence-electron chi connectivity index (χ3n) is 5.78. The summed E-state index contributed by atoms with van der Waals surface area (Å²) in [5.74, 6) is 0.911. The van der Waals surface area contributed by atoms with E-state index >= 15 is 0 Å². The molecule has 1 aliphatic carbocycles. The van der Waals surface area contributed by atoms with E-state index in [1.54, 1.807) is 6.20 Å². The Kier molecular flexibility index (Phi) is 2.76.